The molecule has 0 bridgehead atoms. The summed E-state index contributed by atoms with van der Waals surface area (Å²) in [6, 6.07) is 0. The maximum atomic E-state index is 12.3. The van der Waals surface area contributed by atoms with Gasteiger partial charge in [0, 0.05) is 0 Å². The molecule has 21 heavy (non-hydrogen) atoms. The van der Waals surface area contributed by atoms with Crippen molar-refractivity contribution in [3.8, 4) is 0 Å². The van der Waals surface area contributed by atoms with Crippen LogP contribution in [0.2, 0.25) is 0 Å². The van der Waals surface area contributed by atoms with E-state index in [2.05, 4.69) is 26.3 Å². The van der Waals surface area contributed by atoms with Crippen LogP contribution in [0.15, 0.2) is 15.5 Å². The molecule has 2 rings (SSSR count). The lowest BCUT2D eigenvalue weighted by atomic mass is 9.99. The Morgan fingerprint density at radius 3 is 2.57 bits per heavy atom. The Morgan fingerprint density at radius 2 is 2.05 bits per heavy atom. The van der Waals surface area contributed by atoms with Gasteiger partial charge in [-0.2, -0.15) is 18.3 Å². The molecule has 9 heteroatoms. The topological polar surface area (TPSA) is 67.2 Å². The van der Waals surface area contributed by atoms with Crippen LogP contribution in [0, 0.1) is 0 Å². The third-order valence-electron chi connectivity index (χ3n) is 3.58. The van der Waals surface area contributed by atoms with E-state index in [0.29, 0.717) is 10.4 Å². The lowest BCUT2D eigenvalue weighted by Gasteiger charge is -2.29. The number of aliphatic hydroxyl groups excluding tert-OH is 1. The SMILES string of the molecule is O=c1c(Br)c(NC2(CO)CCCC2)cnn1CC(F)(F)F. The molecule has 118 valence electrons. The minimum atomic E-state index is -4.51. The molecule has 0 unspecified atom stereocenters. The summed E-state index contributed by atoms with van der Waals surface area (Å²) in [5, 5.41) is 16.1. The third kappa shape index (κ3) is 3.76. The number of alkyl halides is 3. The number of rotatable bonds is 4. The lowest BCUT2D eigenvalue weighted by Crippen LogP contribution is -2.40. The van der Waals surface area contributed by atoms with Gasteiger partial charge in [-0.1, -0.05) is 12.8 Å². The van der Waals surface area contributed by atoms with Crippen molar-refractivity contribution in [2.75, 3.05) is 11.9 Å². The molecule has 0 amide bonds. The van der Waals surface area contributed by atoms with Crippen molar-refractivity contribution in [2.24, 2.45) is 0 Å². The number of nitrogens with one attached hydrogen (secondary N) is 1. The van der Waals surface area contributed by atoms with Crippen LogP contribution < -0.4 is 10.9 Å². The van der Waals surface area contributed by atoms with E-state index in [4.69, 9.17) is 0 Å². The summed E-state index contributed by atoms with van der Waals surface area (Å²) in [7, 11) is 0. The summed E-state index contributed by atoms with van der Waals surface area (Å²) in [6.45, 7) is -1.54. The van der Waals surface area contributed by atoms with Crippen LogP contribution in [0.3, 0.4) is 0 Å². The average molecular weight is 370 g/mol. The van der Waals surface area contributed by atoms with Crippen LogP contribution >= 0.6 is 15.9 Å². The van der Waals surface area contributed by atoms with Gasteiger partial charge in [0.2, 0.25) is 0 Å². The molecule has 1 aromatic heterocycles. The monoisotopic (exact) mass is 369 g/mol. The highest BCUT2D eigenvalue weighted by Crippen LogP contribution is 2.34. The second-order valence-corrected chi connectivity index (χ2v) is 6.01. The number of hydrogen-bond acceptors (Lipinski definition) is 4. The number of nitrogens with zero attached hydrogens (tertiary/aromatic N) is 2. The fraction of sp³-hybridized carbons (Fsp3) is 0.667. The van der Waals surface area contributed by atoms with Gasteiger partial charge in [0.1, 0.15) is 11.0 Å². The van der Waals surface area contributed by atoms with Crippen molar-refractivity contribution in [2.45, 2.75) is 43.9 Å². The van der Waals surface area contributed by atoms with Crippen molar-refractivity contribution >= 4 is 21.6 Å². The quantitative estimate of drug-likeness (QED) is 0.854. The maximum Gasteiger partial charge on any atom is 0.408 e. The van der Waals surface area contributed by atoms with E-state index in [1.807, 2.05) is 0 Å². The summed E-state index contributed by atoms with van der Waals surface area (Å²) in [6.07, 6.45) is 0.0343. The van der Waals surface area contributed by atoms with Gasteiger partial charge in [-0.05, 0) is 28.8 Å². The molecule has 1 aromatic rings. The summed E-state index contributed by atoms with van der Waals surface area (Å²) in [5.41, 5.74) is -1.09. The number of anilines is 1. The highest BCUT2D eigenvalue weighted by atomic mass is 79.9. The zero-order valence-electron chi connectivity index (χ0n) is 11.1. The summed E-state index contributed by atoms with van der Waals surface area (Å²) < 4.78 is 37.3. The van der Waals surface area contributed by atoms with Gasteiger partial charge in [-0.3, -0.25) is 4.79 Å². The van der Waals surface area contributed by atoms with E-state index < -0.39 is 23.8 Å². The van der Waals surface area contributed by atoms with E-state index in [1.165, 1.54) is 6.20 Å². The second kappa shape index (κ2) is 5.96. The van der Waals surface area contributed by atoms with Gasteiger partial charge in [0.05, 0.1) is 24.0 Å². The molecule has 1 heterocycles. The second-order valence-electron chi connectivity index (χ2n) is 5.22. The molecule has 1 aliphatic rings. The Kier molecular flexibility index (Phi) is 4.62. The maximum absolute atomic E-state index is 12.3. The third-order valence-corrected chi connectivity index (χ3v) is 4.34. The zero-order chi connectivity index (χ0) is 15.7. The first kappa shape index (κ1) is 16.3. The standard InChI is InChI=1S/C12H15BrF3N3O2/c13-9-8(18-11(7-20)3-1-2-4-11)5-17-19(10(9)21)6-12(14,15)16/h5,18,20H,1-4,6-7H2. The molecule has 0 aromatic carbocycles. The average Bonchev–Trinajstić information content (AvgIpc) is 2.86. The molecule has 0 spiro atoms. The lowest BCUT2D eigenvalue weighted by molar-refractivity contribution is -0.143. The van der Waals surface area contributed by atoms with Crippen LogP contribution in [0.4, 0.5) is 18.9 Å². The highest BCUT2D eigenvalue weighted by molar-refractivity contribution is 9.10. The van der Waals surface area contributed by atoms with Gasteiger partial charge in [-0.25, -0.2) is 4.68 Å². The fourth-order valence-electron chi connectivity index (χ4n) is 2.49. The van der Waals surface area contributed by atoms with Crippen molar-refractivity contribution < 1.29 is 18.3 Å². The van der Waals surface area contributed by atoms with Gasteiger partial charge in [0.15, 0.2) is 0 Å². The minimum absolute atomic E-state index is 0.0125. The van der Waals surface area contributed by atoms with Crippen LogP contribution in [0.5, 0.6) is 0 Å². The highest BCUT2D eigenvalue weighted by Gasteiger charge is 2.34. The Bertz CT molecular complexity index is 568. The molecular formula is C12H15BrF3N3O2. The van der Waals surface area contributed by atoms with Crippen LogP contribution in [-0.2, 0) is 6.54 Å². The number of aliphatic hydroxyl groups is 1. The van der Waals surface area contributed by atoms with Crippen LogP contribution in [0.1, 0.15) is 25.7 Å². The Morgan fingerprint density at radius 1 is 1.43 bits per heavy atom. The number of hydrogen-bond donors (Lipinski definition) is 2. The zero-order valence-corrected chi connectivity index (χ0v) is 12.7. The molecule has 0 atom stereocenters. The summed E-state index contributed by atoms with van der Waals surface area (Å²) in [5.74, 6) is 0. The molecule has 0 saturated heterocycles. The van der Waals surface area contributed by atoms with E-state index >= 15 is 0 Å². The number of halogens is 4. The minimum Gasteiger partial charge on any atom is -0.394 e. The molecular weight excluding hydrogens is 355 g/mol. The van der Waals surface area contributed by atoms with Gasteiger partial charge in [-0.15, -0.1) is 0 Å². The Balaban J connectivity index is 2.27. The predicted octanol–water partition coefficient (Wildman–Crippen LogP) is 2.29. The van der Waals surface area contributed by atoms with E-state index in [-0.39, 0.29) is 11.1 Å². The normalized spacial score (nSPS) is 18.0. The summed E-state index contributed by atoms with van der Waals surface area (Å²) in [4.78, 5) is 11.9. The molecule has 1 saturated carbocycles. The van der Waals surface area contributed by atoms with E-state index in [1.54, 1.807) is 0 Å². The van der Waals surface area contributed by atoms with E-state index in [0.717, 1.165) is 25.7 Å². The van der Waals surface area contributed by atoms with Crippen molar-refractivity contribution in [1.29, 1.82) is 0 Å². The first-order chi connectivity index (χ1) is 9.76. The smallest absolute Gasteiger partial charge is 0.394 e. The molecule has 2 N–H and O–H groups in total. The first-order valence-electron chi connectivity index (χ1n) is 6.48. The molecule has 5 nitrogen and oxygen atoms in total. The van der Waals surface area contributed by atoms with Crippen molar-refractivity contribution in [1.82, 2.24) is 9.78 Å². The molecule has 1 aliphatic carbocycles. The van der Waals surface area contributed by atoms with Crippen LogP contribution in [-0.4, -0.2) is 33.2 Å². The van der Waals surface area contributed by atoms with Gasteiger partial charge >= 0.3 is 6.18 Å². The summed E-state index contributed by atoms with van der Waals surface area (Å²) >= 11 is 3.01. The Labute approximate surface area is 127 Å². The van der Waals surface area contributed by atoms with Crippen LogP contribution in [0.25, 0.3) is 0 Å². The molecule has 0 aliphatic heterocycles. The van der Waals surface area contributed by atoms with E-state index in [9.17, 15) is 23.1 Å². The first-order valence-corrected chi connectivity index (χ1v) is 7.27. The Hall–Kier alpha value is -1.09. The predicted molar refractivity (Wildman–Crippen MR) is 74.2 cm³/mol. The largest absolute Gasteiger partial charge is 0.408 e. The number of aromatic nitrogens is 2. The van der Waals surface area contributed by atoms with Gasteiger partial charge in [0.25, 0.3) is 5.56 Å². The molecule has 1 fully saturated rings. The van der Waals surface area contributed by atoms with Crippen molar-refractivity contribution in [3.63, 3.8) is 0 Å². The van der Waals surface area contributed by atoms with Crippen molar-refractivity contribution in [3.05, 3.63) is 21.0 Å². The molecule has 0 radical (unpaired) electrons. The van der Waals surface area contributed by atoms with Gasteiger partial charge < -0.3 is 10.4 Å². The fourth-order valence-corrected chi connectivity index (χ4v) is 2.90.